The summed E-state index contributed by atoms with van der Waals surface area (Å²) >= 11 is 0. The van der Waals surface area contributed by atoms with E-state index in [-0.39, 0.29) is 0 Å². The van der Waals surface area contributed by atoms with Crippen LogP contribution >= 0.6 is 0 Å². The van der Waals surface area contributed by atoms with E-state index in [2.05, 4.69) is 34.5 Å². The van der Waals surface area contributed by atoms with Gasteiger partial charge in [0, 0.05) is 18.6 Å². The Kier molecular flexibility index (Phi) is 4.04. The average molecular weight is 260 g/mol. The minimum atomic E-state index is 0.676. The summed E-state index contributed by atoms with van der Waals surface area (Å²) in [6.45, 7) is 3.61. The highest BCUT2D eigenvalue weighted by Gasteiger charge is 2.38. The molecule has 0 spiro atoms. The highest BCUT2D eigenvalue weighted by atomic mass is 16.5. The first-order valence-corrected chi connectivity index (χ1v) is 7.46. The summed E-state index contributed by atoms with van der Waals surface area (Å²) in [4.78, 5) is 2.55. The summed E-state index contributed by atoms with van der Waals surface area (Å²) in [6, 6.07) is 9.21. The maximum atomic E-state index is 5.20. The van der Waals surface area contributed by atoms with Crippen molar-refractivity contribution >= 4 is 0 Å². The second-order valence-electron chi connectivity index (χ2n) is 5.76. The molecular formula is C16H24N2O. The van der Waals surface area contributed by atoms with Crippen LogP contribution in [0, 0.1) is 0 Å². The van der Waals surface area contributed by atoms with Crippen molar-refractivity contribution in [2.24, 2.45) is 0 Å². The van der Waals surface area contributed by atoms with Gasteiger partial charge in [0.1, 0.15) is 5.75 Å². The first-order valence-electron chi connectivity index (χ1n) is 7.46. The van der Waals surface area contributed by atoms with Crippen LogP contribution in [0.2, 0.25) is 0 Å². The van der Waals surface area contributed by atoms with E-state index in [4.69, 9.17) is 4.74 Å². The lowest BCUT2D eigenvalue weighted by atomic mass is 10.1. The monoisotopic (exact) mass is 260 g/mol. The quantitative estimate of drug-likeness (QED) is 0.880. The van der Waals surface area contributed by atoms with Crippen molar-refractivity contribution in [1.82, 2.24) is 10.2 Å². The van der Waals surface area contributed by atoms with Crippen LogP contribution in [-0.2, 0) is 0 Å². The van der Waals surface area contributed by atoms with Crippen LogP contribution < -0.4 is 10.1 Å². The van der Waals surface area contributed by atoms with Crippen LogP contribution in [0.25, 0.3) is 0 Å². The first kappa shape index (κ1) is 12.9. The zero-order chi connectivity index (χ0) is 13.1. The van der Waals surface area contributed by atoms with Crippen LogP contribution in [-0.4, -0.2) is 37.8 Å². The molecule has 1 aromatic carbocycles. The summed E-state index contributed by atoms with van der Waals surface area (Å²) < 4.78 is 5.20. The fraction of sp³-hybridized carbons (Fsp3) is 0.625. The summed E-state index contributed by atoms with van der Waals surface area (Å²) in [5, 5.41) is 3.70. The molecule has 1 saturated heterocycles. The van der Waals surface area contributed by atoms with E-state index in [1.807, 2.05) is 0 Å². The van der Waals surface area contributed by atoms with Crippen molar-refractivity contribution in [2.45, 2.75) is 37.6 Å². The molecule has 3 nitrogen and oxygen atoms in total. The lowest BCUT2D eigenvalue weighted by molar-refractivity contribution is 0.211. The van der Waals surface area contributed by atoms with E-state index in [1.165, 1.54) is 44.3 Å². The van der Waals surface area contributed by atoms with Crippen LogP contribution in [0.3, 0.4) is 0 Å². The van der Waals surface area contributed by atoms with Crippen molar-refractivity contribution in [2.75, 3.05) is 26.9 Å². The highest BCUT2D eigenvalue weighted by Crippen LogP contribution is 2.41. The van der Waals surface area contributed by atoms with E-state index in [0.717, 1.165) is 12.4 Å². The van der Waals surface area contributed by atoms with Crippen LogP contribution in [0.4, 0.5) is 0 Å². The molecule has 19 heavy (non-hydrogen) atoms. The molecule has 1 heterocycles. The van der Waals surface area contributed by atoms with Crippen molar-refractivity contribution in [1.29, 1.82) is 0 Å². The van der Waals surface area contributed by atoms with Gasteiger partial charge in [-0.1, -0.05) is 18.6 Å². The number of ether oxygens (including phenoxy) is 1. The summed E-state index contributed by atoms with van der Waals surface area (Å²) in [7, 11) is 1.72. The van der Waals surface area contributed by atoms with Crippen molar-refractivity contribution in [3.63, 3.8) is 0 Å². The molecule has 1 aliphatic carbocycles. The molecular weight excluding hydrogens is 236 g/mol. The SMILES string of the molecule is COc1ccc([C@@H]2C[C@H]2NCN2CCCCC2)cc1. The van der Waals surface area contributed by atoms with Crippen LogP contribution in [0.15, 0.2) is 24.3 Å². The second kappa shape index (κ2) is 5.93. The van der Waals surface area contributed by atoms with Gasteiger partial charge in [-0.2, -0.15) is 0 Å². The van der Waals surface area contributed by atoms with E-state index in [9.17, 15) is 0 Å². The fourth-order valence-electron chi connectivity index (χ4n) is 3.00. The van der Waals surface area contributed by atoms with Gasteiger partial charge in [-0.3, -0.25) is 4.90 Å². The number of benzene rings is 1. The van der Waals surface area contributed by atoms with Gasteiger partial charge in [-0.25, -0.2) is 0 Å². The number of methoxy groups -OCH3 is 1. The Morgan fingerprint density at radius 1 is 1.16 bits per heavy atom. The number of nitrogens with zero attached hydrogens (tertiary/aromatic N) is 1. The Labute approximate surface area is 115 Å². The third-order valence-electron chi connectivity index (χ3n) is 4.36. The van der Waals surface area contributed by atoms with Gasteiger partial charge in [0.2, 0.25) is 0 Å². The third-order valence-corrected chi connectivity index (χ3v) is 4.36. The van der Waals surface area contributed by atoms with E-state index < -0.39 is 0 Å². The van der Waals surface area contributed by atoms with Gasteiger partial charge in [0.15, 0.2) is 0 Å². The molecule has 2 aliphatic rings. The number of rotatable bonds is 5. The molecule has 0 amide bonds. The normalized spacial score (nSPS) is 27.2. The van der Waals surface area contributed by atoms with Gasteiger partial charge in [0.05, 0.1) is 7.11 Å². The fourth-order valence-corrected chi connectivity index (χ4v) is 3.00. The lowest BCUT2D eigenvalue weighted by Gasteiger charge is -2.26. The predicted molar refractivity (Wildman–Crippen MR) is 77.6 cm³/mol. The molecule has 3 rings (SSSR count). The number of nitrogens with one attached hydrogen (secondary N) is 1. The summed E-state index contributed by atoms with van der Waals surface area (Å²) in [5.41, 5.74) is 1.44. The van der Waals surface area contributed by atoms with Gasteiger partial charge in [-0.05, 0) is 50.0 Å². The Bertz CT molecular complexity index is 398. The smallest absolute Gasteiger partial charge is 0.118 e. The minimum Gasteiger partial charge on any atom is -0.497 e. The van der Waals surface area contributed by atoms with Gasteiger partial charge in [0.25, 0.3) is 0 Å². The predicted octanol–water partition coefficient (Wildman–Crippen LogP) is 2.58. The average Bonchev–Trinajstić information content (AvgIpc) is 3.26. The Balaban J connectivity index is 1.44. The van der Waals surface area contributed by atoms with Crippen molar-refractivity contribution < 1.29 is 4.74 Å². The molecule has 1 saturated carbocycles. The molecule has 1 aliphatic heterocycles. The molecule has 0 unspecified atom stereocenters. The van der Waals surface area contributed by atoms with E-state index in [1.54, 1.807) is 7.11 Å². The van der Waals surface area contributed by atoms with Crippen molar-refractivity contribution in [3.05, 3.63) is 29.8 Å². The van der Waals surface area contributed by atoms with Crippen LogP contribution in [0.5, 0.6) is 5.75 Å². The van der Waals surface area contributed by atoms with E-state index >= 15 is 0 Å². The second-order valence-corrected chi connectivity index (χ2v) is 5.76. The highest BCUT2D eigenvalue weighted by molar-refractivity contribution is 5.33. The van der Waals surface area contributed by atoms with Gasteiger partial charge >= 0.3 is 0 Å². The van der Waals surface area contributed by atoms with Gasteiger partial charge < -0.3 is 10.1 Å². The maximum absolute atomic E-state index is 5.20. The molecule has 0 bridgehead atoms. The molecule has 104 valence electrons. The topological polar surface area (TPSA) is 24.5 Å². The summed E-state index contributed by atoms with van der Waals surface area (Å²) in [5.74, 6) is 1.65. The Morgan fingerprint density at radius 3 is 2.58 bits per heavy atom. The Hall–Kier alpha value is -1.06. The number of piperidine rings is 1. The van der Waals surface area contributed by atoms with Gasteiger partial charge in [-0.15, -0.1) is 0 Å². The summed E-state index contributed by atoms with van der Waals surface area (Å²) in [6.07, 6.45) is 5.43. The van der Waals surface area contributed by atoms with Crippen molar-refractivity contribution in [3.8, 4) is 5.75 Å². The standard InChI is InChI=1S/C16H24N2O/c1-19-14-7-5-13(6-8-14)15-11-16(15)17-12-18-9-3-2-4-10-18/h5-8,15-17H,2-4,9-12H2,1H3/t15-,16+/m0/s1. The van der Waals surface area contributed by atoms with E-state index in [0.29, 0.717) is 12.0 Å². The largest absolute Gasteiger partial charge is 0.497 e. The maximum Gasteiger partial charge on any atom is 0.118 e. The molecule has 1 aromatic rings. The number of hydrogen-bond donors (Lipinski definition) is 1. The third kappa shape index (κ3) is 3.28. The minimum absolute atomic E-state index is 0.676. The molecule has 2 atom stereocenters. The molecule has 0 radical (unpaired) electrons. The lowest BCUT2D eigenvalue weighted by Crippen LogP contribution is -2.38. The molecule has 3 heteroatoms. The number of likely N-dealkylation sites (tertiary alicyclic amines) is 1. The molecule has 2 fully saturated rings. The zero-order valence-electron chi connectivity index (χ0n) is 11.8. The molecule has 1 N–H and O–H groups in total. The first-order chi connectivity index (χ1) is 9.36. The zero-order valence-corrected chi connectivity index (χ0v) is 11.8. The van der Waals surface area contributed by atoms with Crippen LogP contribution in [0.1, 0.15) is 37.2 Å². The molecule has 0 aromatic heterocycles. The number of hydrogen-bond acceptors (Lipinski definition) is 3. The Morgan fingerprint density at radius 2 is 1.89 bits per heavy atom.